The molecule has 2 aliphatic rings. The molecule has 1 aromatic carbocycles. The summed E-state index contributed by atoms with van der Waals surface area (Å²) in [5, 5.41) is 4.47. The van der Waals surface area contributed by atoms with Gasteiger partial charge >= 0.3 is 5.97 Å². The van der Waals surface area contributed by atoms with E-state index in [1.165, 1.54) is 13.3 Å². The number of pyridine rings is 1. The maximum absolute atomic E-state index is 13.3. The van der Waals surface area contributed by atoms with Crippen LogP contribution in [0, 0.1) is 0 Å². The second-order valence-electron chi connectivity index (χ2n) is 6.79. The summed E-state index contributed by atoms with van der Waals surface area (Å²) >= 11 is 0. The Morgan fingerprint density at radius 1 is 1.19 bits per heavy atom. The second-order valence-corrected chi connectivity index (χ2v) is 8.70. The topological polar surface area (TPSA) is 88.6 Å². The minimum Gasteiger partial charge on any atom is -0.464 e. The molecule has 0 spiro atoms. The van der Waals surface area contributed by atoms with Crippen molar-refractivity contribution < 1.29 is 17.9 Å². The molecule has 2 atom stereocenters. The fourth-order valence-corrected chi connectivity index (χ4v) is 5.64. The molecule has 0 aliphatic carbocycles. The van der Waals surface area contributed by atoms with Crippen LogP contribution in [0.3, 0.4) is 0 Å². The summed E-state index contributed by atoms with van der Waals surface area (Å²) in [6, 6.07) is 7.18. The van der Waals surface area contributed by atoms with Gasteiger partial charge in [-0.25, -0.2) is 18.2 Å². The Labute approximate surface area is 164 Å². The smallest absolute Gasteiger partial charge is 0.357 e. The second kappa shape index (κ2) is 7.71. The van der Waals surface area contributed by atoms with Crippen LogP contribution < -0.4 is 5.32 Å². The number of halogens is 1. The number of fused-ring (bicyclic) bond motifs is 3. The lowest BCUT2D eigenvalue weighted by molar-refractivity contribution is 0.0596. The molecular weight excluding hydrogens is 390 g/mol. The minimum absolute atomic E-state index is 0. The zero-order valence-electron chi connectivity index (χ0n) is 14.9. The number of hydrogen-bond acceptors (Lipinski definition) is 6. The van der Waals surface area contributed by atoms with Crippen LogP contribution in [0.4, 0.5) is 0 Å². The summed E-state index contributed by atoms with van der Waals surface area (Å²) in [4.78, 5) is 16.2. The standard InChI is InChI=1S/C18H21N3O4S.ClH/c1-25-18(22)17-15-3-2-4-16(14(15)7-9-19-17)26(23,24)21-10-8-12-5-6-13(11-21)20-12;/h2-4,7,9,12-13,20H,5-6,8,10-11H2,1H3;1H. The van der Waals surface area contributed by atoms with E-state index in [1.54, 1.807) is 28.6 Å². The van der Waals surface area contributed by atoms with E-state index in [-0.39, 0.29) is 29.0 Å². The van der Waals surface area contributed by atoms with Crippen molar-refractivity contribution in [3.63, 3.8) is 0 Å². The van der Waals surface area contributed by atoms with Crippen molar-refractivity contribution in [1.29, 1.82) is 0 Å². The Kier molecular flexibility index (Phi) is 5.71. The highest BCUT2D eigenvalue weighted by Crippen LogP contribution is 2.30. The Bertz CT molecular complexity index is 966. The van der Waals surface area contributed by atoms with E-state index in [0.717, 1.165) is 19.3 Å². The van der Waals surface area contributed by atoms with Crippen molar-refractivity contribution in [2.45, 2.75) is 36.2 Å². The first-order valence-corrected chi connectivity index (χ1v) is 10.2. The Morgan fingerprint density at radius 3 is 2.74 bits per heavy atom. The van der Waals surface area contributed by atoms with Gasteiger partial charge in [-0.15, -0.1) is 12.4 Å². The molecule has 3 heterocycles. The molecule has 4 rings (SSSR count). The predicted octanol–water partition coefficient (Wildman–Crippen LogP) is 1.96. The van der Waals surface area contributed by atoms with Crippen molar-refractivity contribution in [3.8, 4) is 0 Å². The van der Waals surface area contributed by atoms with Crippen molar-refractivity contribution >= 4 is 39.2 Å². The largest absolute Gasteiger partial charge is 0.464 e. The van der Waals surface area contributed by atoms with E-state index in [9.17, 15) is 13.2 Å². The van der Waals surface area contributed by atoms with Crippen LogP contribution in [0.2, 0.25) is 0 Å². The minimum atomic E-state index is -3.67. The number of aromatic nitrogens is 1. The highest BCUT2D eigenvalue weighted by atomic mass is 35.5. The van der Waals surface area contributed by atoms with Gasteiger partial charge in [-0.2, -0.15) is 4.31 Å². The van der Waals surface area contributed by atoms with Crippen molar-refractivity contribution in [1.82, 2.24) is 14.6 Å². The molecule has 2 bridgehead atoms. The van der Waals surface area contributed by atoms with E-state index < -0.39 is 16.0 Å². The number of rotatable bonds is 3. The number of nitrogens with one attached hydrogen (secondary N) is 1. The summed E-state index contributed by atoms with van der Waals surface area (Å²) in [5.41, 5.74) is 0.124. The number of carbonyl (C=O) groups is 1. The molecule has 7 nitrogen and oxygen atoms in total. The normalized spacial score (nSPS) is 22.9. The van der Waals surface area contributed by atoms with Gasteiger partial charge in [-0.1, -0.05) is 12.1 Å². The zero-order chi connectivity index (χ0) is 18.3. The summed E-state index contributed by atoms with van der Waals surface area (Å²) < 4.78 is 33.0. The predicted molar refractivity (Wildman–Crippen MR) is 104 cm³/mol. The summed E-state index contributed by atoms with van der Waals surface area (Å²) in [6.45, 7) is 0.978. The van der Waals surface area contributed by atoms with E-state index in [2.05, 4.69) is 10.3 Å². The molecule has 2 unspecified atom stereocenters. The summed E-state index contributed by atoms with van der Waals surface area (Å²) in [6.07, 6.45) is 4.37. The van der Waals surface area contributed by atoms with E-state index >= 15 is 0 Å². The van der Waals surface area contributed by atoms with Gasteiger partial charge in [-0.3, -0.25) is 0 Å². The molecule has 1 N–H and O–H groups in total. The fourth-order valence-electron chi connectivity index (χ4n) is 3.93. The molecule has 2 aromatic rings. The van der Waals surface area contributed by atoms with E-state index in [4.69, 9.17) is 4.74 Å². The van der Waals surface area contributed by atoms with Gasteiger partial charge in [-0.05, 0) is 31.4 Å². The van der Waals surface area contributed by atoms with Crippen molar-refractivity contribution in [2.24, 2.45) is 0 Å². The monoisotopic (exact) mass is 411 g/mol. The third-order valence-corrected chi connectivity index (χ3v) is 7.17. The number of carbonyl (C=O) groups excluding carboxylic acids is 1. The molecule has 2 fully saturated rings. The molecule has 1 aromatic heterocycles. The molecule has 2 aliphatic heterocycles. The number of benzene rings is 1. The van der Waals surface area contributed by atoms with Crippen LogP contribution in [0.25, 0.3) is 10.8 Å². The lowest BCUT2D eigenvalue weighted by atomic mass is 10.1. The first-order chi connectivity index (χ1) is 12.5. The van der Waals surface area contributed by atoms with E-state index in [0.29, 0.717) is 29.9 Å². The third kappa shape index (κ3) is 3.54. The van der Waals surface area contributed by atoms with Crippen LogP contribution in [0.5, 0.6) is 0 Å². The average molecular weight is 412 g/mol. The molecule has 2 saturated heterocycles. The number of esters is 1. The fraction of sp³-hybridized carbons (Fsp3) is 0.444. The third-order valence-electron chi connectivity index (χ3n) is 5.25. The maximum Gasteiger partial charge on any atom is 0.357 e. The average Bonchev–Trinajstić information content (AvgIpc) is 2.98. The van der Waals surface area contributed by atoms with Crippen LogP contribution in [0.1, 0.15) is 29.8 Å². The van der Waals surface area contributed by atoms with Gasteiger partial charge in [0.2, 0.25) is 10.0 Å². The Balaban J connectivity index is 0.00000210. The van der Waals surface area contributed by atoms with Gasteiger partial charge in [0.25, 0.3) is 0 Å². The maximum atomic E-state index is 13.3. The SMILES string of the molecule is COC(=O)c1nccc2c(S(=O)(=O)N3CCC4CCC(C3)N4)cccc12.Cl. The van der Waals surface area contributed by atoms with Crippen LogP contribution >= 0.6 is 12.4 Å². The quantitative estimate of drug-likeness (QED) is 0.776. The van der Waals surface area contributed by atoms with Crippen LogP contribution in [0.15, 0.2) is 35.4 Å². The van der Waals surface area contributed by atoms with Gasteiger partial charge in [0.05, 0.1) is 12.0 Å². The Morgan fingerprint density at radius 2 is 1.96 bits per heavy atom. The first kappa shape index (κ1) is 20.0. The molecule has 0 saturated carbocycles. The number of sulfonamides is 1. The number of hydrogen-bond donors (Lipinski definition) is 1. The van der Waals surface area contributed by atoms with E-state index in [1.807, 2.05) is 0 Å². The number of methoxy groups -OCH3 is 1. The lowest BCUT2D eigenvalue weighted by Gasteiger charge is -2.24. The van der Waals surface area contributed by atoms with Gasteiger partial charge < -0.3 is 10.1 Å². The first-order valence-electron chi connectivity index (χ1n) is 8.73. The number of nitrogens with zero attached hydrogens (tertiary/aromatic N) is 2. The highest BCUT2D eigenvalue weighted by Gasteiger charge is 2.35. The van der Waals surface area contributed by atoms with Crippen molar-refractivity contribution in [3.05, 3.63) is 36.2 Å². The molecule has 0 amide bonds. The summed E-state index contributed by atoms with van der Waals surface area (Å²) in [5.74, 6) is -0.582. The van der Waals surface area contributed by atoms with Crippen LogP contribution in [-0.2, 0) is 14.8 Å². The highest BCUT2D eigenvalue weighted by molar-refractivity contribution is 7.89. The molecule has 27 heavy (non-hydrogen) atoms. The van der Waals surface area contributed by atoms with Crippen molar-refractivity contribution in [2.75, 3.05) is 20.2 Å². The molecule has 9 heteroatoms. The Hall–Kier alpha value is -1.74. The molecular formula is C18H22ClN3O4S. The van der Waals surface area contributed by atoms with Gasteiger partial charge in [0.15, 0.2) is 5.69 Å². The summed E-state index contributed by atoms with van der Waals surface area (Å²) in [7, 11) is -2.39. The zero-order valence-corrected chi connectivity index (χ0v) is 16.6. The van der Waals surface area contributed by atoms with Gasteiger partial charge in [0.1, 0.15) is 0 Å². The lowest BCUT2D eigenvalue weighted by Crippen LogP contribution is -2.39. The van der Waals surface area contributed by atoms with Crippen LogP contribution in [-0.4, -0.2) is 56.0 Å². The molecule has 0 radical (unpaired) electrons. The number of ether oxygens (including phenoxy) is 1. The van der Waals surface area contributed by atoms with Gasteiger partial charge in [0, 0.05) is 42.1 Å². The molecule has 146 valence electrons.